The van der Waals surface area contributed by atoms with Gasteiger partial charge in [0.1, 0.15) is 11.3 Å². The Morgan fingerprint density at radius 3 is 2.48 bits per heavy atom. The minimum Gasteiger partial charge on any atom is -0.505 e. The van der Waals surface area contributed by atoms with Crippen LogP contribution in [0.5, 0.6) is 0 Å². The van der Waals surface area contributed by atoms with E-state index in [1.807, 2.05) is 18.2 Å². The molecule has 3 heterocycles. The highest BCUT2D eigenvalue weighted by Gasteiger charge is 2.46. The fraction of sp³-hybridized carbons (Fsp3) is 0.320. The number of carbonyl (C=O) groups is 2. The van der Waals surface area contributed by atoms with E-state index in [0.29, 0.717) is 40.7 Å². The summed E-state index contributed by atoms with van der Waals surface area (Å²) in [5, 5.41) is 12.0. The molecule has 1 aromatic carbocycles. The first-order valence-electron chi connectivity index (χ1n) is 11.1. The topological polar surface area (TPSA) is 78.2 Å². The fourth-order valence-corrected chi connectivity index (χ4v) is 4.54. The van der Waals surface area contributed by atoms with Crippen molar-refractivity contribution in [2.24, 2.45) is 0 Å². The maximum Gasteiger partial charge on any atom is 0.295 e. The predicted octanol–water partition coefficient (Wildman–Crippen LogP) is 4.06. The summed E-state index contributed by atoms with van der Waals surface area (Å²) in [7, 11) is 0. The second-order valence-corrected chi connectivity index (χ2v) is 8.48. The number of likely N-dealkylation sites (tertiary alicyclic amines) is 1. The first kappa shape index (κ1) is 23.0. The van der Waals surface area contributed by atoms with Crippen LogP contribution in [0, 0.1) is 6.92 Å². The number of carbonyl (C=O) groups excluding carboxylic acids is 2. The number of fused-ring (bicyclic) bond motifs is 1. The Morgan fingerprint density at radius 2 is 1.82 bits per heavy atom. The van der Waals surface area contributed by atoms with E-state index in [2.05, 4.69) is 23.7 Å². The lowest BCUT2D eigenvalue weighted by molar-refractivity contribution is -0.140. The Balaban J connectivity index is 1.87. The molecule has 1 atom stereocenters. The summed E-state index contributed by atoms with van der Waals surface area (Å²) in [6.45, 7) is 8.56. The van der Waals surface area contributed by atoms with Crippen LogP contribution in [0.25, 0.3) is 11.4 Å². The smallest absolute Gasteiger partial charge is 0.295 e. The van der Waals surface area contributed by atoms with Crippen LogP contribution in [-0.2, 0) is 9.59 Å². The minimum atomic E-state index is -0.716. The number of likely N-dealkylation sites (N-methyl/N-ethyl adjacent to an activating group) is 1. The molecule has 1 saturated heterocycles. The zero-order valence-corrected chi connectivity index (χ0v) is 19.7. The van der Waals surface area contributed by atoms with Crippen molar-refractivity contribution in [3.63, 3.8) is 0 Å². The van der Waals surface area contributed by atoms with Gasteiger partial charge in [0.15, 0.2) is 5.76 Å². The molecule has 1 amide bonds. The van der Waals surface area contributed by atoms with Crippen molar-refractivity contribution in [1.82, 2.24) is 19.2 Å². The van der Waals surface area contributed by atoms with Crippen LogP contribution in [0.15, 0.2) is 54.2 Å². The number of aliphatic hydroxyl groups excluding tert-OH is 1. The third-order valence-electron chi connectivity index (χ3n) is 6.21. The van der Waals surface area contributed by atoms with Crippen LogP contribution in [0.4, 0.5) is 0 Å². The molecule has 1 fully saturated rings. The average Bonchev–Trinajstić information content (AvgIpc) is 3.28. The van der Waals surface area contributed by atoms with Gasteiger partial charge in [-0.1, -0.05) is 43.6 Å². The number of aliphatic hydroxyl groups is 1. The van der Waals surface area contributed by atoms with Crippen molar-refractivity contribution < 1.29 is 14.7 Å². The molecule has 33 heavy (non-hydrogen) atoms. The second kappa shape index (κ2) is 9.37. The van der Waals surface area contributed by atoms with E-state index in [9.17, 15) is 14.7 Å². The number of nitrogens with zero attached hydrogens (tertiary/aromatic N) is 4. The summed E-state index contributed by atoms with van der Waals surface area (Å²) < 4.78 is 1.73. The first-order valence-corrected chi connectivity index (χ1v) is 11.4. The van der Waals surface area contributed by atoms with Crippen molar-refractivity contribution in [3.05, 3.63) is 76.2 Å². The average molecular weight is 467 g/mol. The molecule has 1 N–H and O–H groups in total. The molecule has 172 valence electrons. The van der Waals surface area contributed by atoms with Crippen LogP contribution < -0.4 is 0 Å². The van der Waals surface area contributed by atoms with Crippen LogP contribution in [0.3, 0.4) is 0 Å². The number of amides is 1. The largest absolute Gasteiger partial charge is 0.505 e. The zero-order valence-electron chi connectivity index (χ0n) is 19.0. The van der Waals surface area contributed by atoms with Crippen LogP contribution in [-0.4, -0.2) is 62.2 Å². The van der Waals surface area contributed by atoms with Crippen LogP contribution in [0.2, 0.25) is 5.02 Å². The van der Waals surface area contributed by atoms with Gasteiger partial charge >= 0.3 is 0 Å². The molecule has 0 saturated carbocycles. The van der Waals surface area contributed by atoms with E-state index in [4.69, 9.17) is 11.6 Å². The Labute approximate surface area is 197 Å². The summed E-state index contributed by atoms with van der Waals surface area (Å²) in [6, 6.07) is 11.8. The summed E-state index contributed by atoms with van der Waals surface area (Å²) >= 11 is 6.09. The highest BCUT2D eigenvalue weighted by atomic mass is 35.5. The molecule has 3 aromatic rings. The van der Waals surface area contributed by atoms with Crippen molar-refractivity contribution in [2.45, 2.75) is 26.8 Å². The lowest BCUT2D eigenvalue weighted by atomic mass is 9.96. The maximum absolute atomic E-state index is 13.3. The molecule has 0 spiro atoms. The number of aryl methyl sites for hydroxylation is 1. The van der Waals surface area contributed by atoms with Crippen molar-refractivity contribution in [1.29, 1.82) is 0 Å². The lowest BCUT2D eigenvalue weighted by Crippen LogP contribution is -2.38. The standard InChI is InChI=1S/C25H27ClN4O3/c1-4-28(5-2)14-15-30-22(17-9-11-18(26)12-10-17)20(24(32)25(30)33)23(31)21-16(3)27-19-8-6-7-13-29(19)21/h6-13,22,31H,4-5,14-15H2,1-3H3. The molecule has 1 aliphatic heterocycles. The second-order valence-electron chi connectivity index (χ2n) is 8.05. The number of hydrogen-bond acceptors (Lipinski definition) is 5. The van der Waals surface area contributed by atoms with Gasteiger partial charge in [0.2, 0.25) is 0 Å². The number of rotatable bonds is 7. The van der Waals surface area contributed by atoms with Gasteiger partial charge in [-0.05, 0) is 49.8 Å². The summed E-state index contributed by atoms with van der Waals surface area (Å²) in [6.07, 6.45) is 1.78. The quantitative estimate of drug-likeness (QED) is 0.323. The number of Topliss-reactive ketones (excluding diaryl/α,β-unsaturated/α-hetero) is 1. The number of benzene rings is 1. The van der Waals surface area contributed by atoms with Gasteiger partial charge in [0, 0.05) is 24.3 Å². The zero-order chi connectivity index (χ0) is 23.7. The molecule has 0 aliphatic carbocycles. The van der Waals surface area contributed by atoms with E-state index in [1.54, 1.807) is 46.7 Å². The molecule has 0 radical (unpaired) electrons. The first-order chi connectivity index (χ1) is 15.9. The summed E-state index contributed by atoms with van der Waals surface area (Å²) in [5.41, 5.74) is 2.41. The minimum absolute atomic E-state index is 0.0654. The fourth-order valence-electron chi connectivity index (χ4n) is 4.42. The van der Waals surface area contributed by atoms with E-state index >= 15 is 0 Å². The Hall–Kier alpha value is -3.16. The van der Waals surface area contributed by atoms with E-state index in [0.717, 1.165) is 13.1 Å². The molecule has 0 bridgehead atoms. The van der Waals surface area contributed by atoms with Gasteiger partial charge in [-0.3, -0.25) is 14.0 Å². The van der Waals surface area contributed by atoms with Crippen molar-refractivity contribution in [2.75, 3.05) is 26.2 Å². The van der Waals surface area contributed by atoms with Crippen molar-refractivity contribution in [3.8, 4) is 0 Å². The number of imidazole rings is 1. The summed E-state index contributed by atoms with van der Waals surface area (Å²) in [4.78, 5) is 34.6. The Kier molecular flexibility index (Phi) is 6.54. The SMILES string of the molecule is CCN(CC)CCN1C(=O)C(=O)C(=C(O)c2c(C)nc3ccccn23)C1c1ccc(Cl)cc1. The monoisotopic (exact) mass is 466 g/mol. The van der Waals surface area contributed by atoms with Gasteiger partial charge in [0.25, 0.3) is 11.7 Å². The van der Waals surface area contributed by atoms with Gasteiger partial charge in [-0.15, -0.1) is 0 Å². The Morgan fingerprint density at radius 1 is 1.12 bits per heavy atom. The van der Waals surface area contributed by atoms with Gasteiger partial charge < -0.3 is 14.9 Å². The molecule has 8 heteroatoms. The number of hydrogen-bond donors (Lipinski definition) is 1. The lowest BCUT2D eigenvalue weighted by Gasteiger charge is -2.28. The highest BCUT2D eigenvalue weighted by Crippen LogP contribution is 2.40. The van der Waals surface area contributed by atoms with Gasteiger partial charge in [-0.2, -0.15) is 0 Å². The van der Waals surface area contributed by atoms with Crippen LogP contribution in [0.1, 0.15) is 36.8 Å². The molecule has 1 unspecified atom stereocenters. The van der Waals surface area contributed by atoms with Crippen molar-refractivity contribution >= 4 is 34.7 Å². The molecule has 2 aromatic heterocycles. The third kappa shape index (κ3) is 4.14. The number of pyridine rings is 1. The van der Waals surface area contributed by atoms with E-state index in [-0.39, 0.29) is 11.3 Å². The molecule has 1 aliphatic rings. The molecule has 7 nitrogen and oxygen atoms in total. The Bertz CT molecular complexity index is 1230. The normalized spacial score (nSPS) is 18.1. The molecular formula is C25H27ClN4O3. The number of aromatic nitrogens is 2. The maximum atomic E-state index is 13.3. The molecule has 4 rings (SSSR count). The third-order valence-corrected chi connectivity index (χ3v) is 6.46. The van der Waals surface area contributed by atoms with Gasteiger partial charge in [-0.25, -0.2) is 4.98 Å². The molecular weight excluding hydrogens is 440 g/mol. The van der Waals surface area contributed by atoms with Crippen LogP contribution >= 0.6 is 11.6 Å². The number of halogens is 1. The highest BCUT2D eigenvalue weighted by molar-refractivity contribution is 6.46. The van der Waals surface area contributed by atoms with E-state index < -0.39 is 17.7 Å². The van der Waals surface area contributed by atoms with E-state index in [1.165, 1.54) is 0 Å². The predicted molar refractivity (Wildman–Crippen MR) is 128 cm³/mol. The summed E-state index contributed by atoms with van der Waals surface area (Å²) in [5.74, 6) is -1.54. The number of ketones is 1. The van der Waals surface area contributed by atoms with Gasteiger partial charge in [0.05, 0.1) is 17.3 Å².